The van der Waals surface area contributed by atoms with E-state index in [0.29, 0.717) is 16.7 Å². The van der Waals surface area contributed by atoms with Crippen molar-refractivity contribution in [1.29, 1.82) is 0 Å². The van der Waals surface area contributed by atoms with E-state index >= 15 is 0 Å². The number of fused-ring (bicyclic) bond motifs is 1. The molecule has 0 atom stereocenters. The highest BCUT2D eigenvalue weighted by molar-refractivity contribution is 7.99. The lowest BCUT2D eigenvalue weighted by molar-refractivity contribution is 0.0391. The SMILES string of the molecule is CCSc1ccccc1C(=O)N(CCN1CCOCC1)c1nc2ccc(Cl)cc2s1.Cl. The first kappa shape index (κ1) is 24.3. The number of hydrogen-bond acceptors (Lipinski definition) is 6. The molecule has 0 aliphatic carbocycles. The molecule has 0 radical (unpaired) electrons. The van der Waals surface area contributed by atoms with Crippen molar-refractivity contribution in [1.82, 2.24) is 9.88 Å². The fourth-order valence-electron chi connectivity index (χ4n) is 3.42. The van der Waals surface area contributed by atoms with Crippen LogP contribution in [-0.4, -0.2) is 60.9 Å². The molecule has 1 aromatic heterocycles. The minimum absolute atomic E-state index is 0. The normalized spacial score (nSPS) is 14.4. The van der Waals surface area contributed by atoms with Crippen LogP contribution in [0.5, 0.6) is 0 Å². The molecule has 2 heterocycles. The molecule has 1 aliphatic rings. The van der Waals surface area contributed by atoms with Gasteiger partial charge in [0.2, 0.25) is 0 Å². The van der Waals surface area contributed by atoms with Crippen LogP contribution in [0.2, 0.25) is 5.02 Å². The number of amides is 1. The van der Waals surface area contributed by atoms with Crippen LogP contribution in [0.3, 0.4) is 0 Å². The molecule has 9 heteroatoms. The number of thiazole rings is 1. The molecule has 0 bridgehead atoms. The van der Waals surface area contributed by atoms with Crippen molar-refractivity contribution < 1.29 is 9.53 Å². The largest absolute Gasteiger partial charge is 0.379 e. The zero-order valence-electron chi connectivity index (χ0n) is 17.3. The Morgan fingerprint density at radius 2 is 2.03 bits per heavy atom. The molecule has 0 spiro atoms. The van der Waals surface area contributed by atoms with Gasteiger partial charge < -0.3 is 4.74 Å². The summed E-state index contributed by atoms with van der Waals surface area (Å²) in [6, 6.07) is 13.5. The van der Waals surface area contributed by atoms with Gasteiger partial charge in [-0.05, 0) is 36.1 Å². The number of anilines is 1. The lowest BCUT2D eigenvalue weighted by atomic mass is 10.2. The van der Waals surface area contributed by atoms with Crippen LogP contribution in [0.25, 0.3) is 10.2 Å². The van der Waals surface area contributed by atoms with E-state index < -0.39 is 0 Å². The van der Waals surface area contributed by atoms with Gasteiger partial charge >= 0.3 is 0 Å². The second-order valence-corrected chi connectivity index (χ2v) is 9.70. The van der Waals surface area contributed by atoms with Crippen molar-refractivity contribution >= 4 is 68.4 Å². The molecule has 1 aliphatic heterocycles. The number of carbonyl (C=O) groups is 1. The van der Waals surface area contributed by atoms with E-state index in [1.54, 1.807) is 11.8 Å². The van der Waals surface area contributed by atoms with Crippen molar-refractivity contribution in [2.45, 2.75) is 11.8 Å². The summed E-state index contributed by atoms with van der Waals surface area (Å²) < 4.78 is 6.44. The van der Waals surface area contributed by atoms with Crippen molar-refractivity contribution in [3.8, 4) is 0 Å². The Labute approximate surface area is 202 Å². The average molecular weight is 499 g/mol. The molecule has 3 aromatic rings. The van der Waals surface area contributed by atoms with E-state index in [-0.39, 0.29) is 18.3 Å². The summed E-state index contributed by atoms with van der Waals surface area (Å²) in [6.45, 7) is 6.72. The molecule has 166 valence electrons. The van der Waals surface area contributed by atoms with Gasteiger partial charge in [-0.1, -0.05) is 42.0 Å². The molecule has 2 aromatic carbocycles. The molecule has 0 saturated carbocycles. The van der Waals surface area contributed by atoms with E-state index in [1.165, 1.54) is 11.3 Å². The maximum absolute atomic E-state index is 13.7. The second kappa shape index (κ2) is 11.5. The average Bonchev–Trinajstić information content (AvgIpc) is 3.18. The van der Waals surface area contributed by atoms with Crippen molar-refractivity contribution in [2.75, 3.05) is 50.0 Å². The molecular formula is C22H25Cl2N3O2S2. The van der Waals surface area contributed by atoms with Crippen LogP contribution in [-0.2, 0) is 4.74 Å². The molecule has 0 unspecified atom stereocenters. The topological polar surface area (TPSA) is 45.7 Å². The summed E-state index contributed by atoms with van der Waals surface area (Å²) in [5.41, 5.74) is 1.59. The molecule has 31 heavy (non-hydrogen) atoms. The van der Waals surface area contributed by atoms with Crippen LogP contribution < -0.4 is 4.90 Å². The quantitative estimate of drug-likeness (QED) is 0.405. The van der Waals surface area contributed by atoms with Gasteiger partial charge in [0.25, 0.3) is 5.91 Å². The number of hydrogen-bond donors (Lipinski definition) is 0. The lowest BCUT2D eigenvalue weighted by Gasteiger charge is -2.29. The third kappa shape index (κ3) is 5.92. The second-order valence-electron chi connectivity index (χ2n) is 6.95. The summed E-state index contributed by atoms with van der Waals surface area (Å²) in [5, 5.41) is 1.38. The predicted molar refractivity (Wildman–Crippen MR) is 134 cm³/mol. The number of thioether (sulfide) groups is 1. The molecule has 1 amide bonds. The Kier molecular flexibility index (Phi) is 9.01. The number of rotatable bonds is 7. The summed E-state index contributed by atoms with van der Waals surface area (Å²) in [4.78, 5) is 23.6. The Hall–Kier alpha value is -1.35. The highest BCUT2D eigenvalue weighted by atomic mass is 35.5. The maximum atomic E-state index is 13.7. The number of carbonyl (C=O) groups excluding carboxylic acids is 1. The van der Waals surface area contributed by atoms with Crippen LogP contribution >= 0.6 is 47.1 Å². The number of ether oxygens (including phenoxy) is 1. The lowest BCUT2D eigenvalue weighted by Crippen LogP contribution is -2.43. The standard InChI is InChI=1S/C22H24ClN3O2S2.ClH/c1-2-29-19-6-4-3-5-17(19)21(27)26(10-9-25-11-13-28-14-12-25)22-24-18-8-7-16(23)15-20(18)30-22;/h3-8,15H,2,9-14H2,1H3;1H. The van der Waals surface area contributed by atoms with E-state index in [4.69, 9.17) is 21.3 Å². The van der Waals surface area contributed by atoms with E-state index in [1.807, 2.05) is 47.4 Å². The zero-order valence-corrected chi connectivity index (χ0v) is 20.5. The summed E-state index contributed by atoms with van der Waals surface area (Å²) in [7, 11) is 0. The van der Waals surface area contributed by atoms with Crippen LogP contribution in [0.15, 0.2) is 47.4 Å². The van der Waals surface area contributed by atoms with E-state index in [2.05, 4.69) is 11.8 Å². The van der Waals surface area contributed by atoms with Crippen molar-refractivity contribution in [2.24, 2.45) is 0 Å². The fraction of sp³-hybridized carbons (Fsp3) is 0.364. The number of morpholine rings is 1. The number of halogens is 2. The first-order valence-electron chi connectivity index (χ1n) is 10.1. The third-order valence-electron chi connectivity index (χ3n) is 4.98. The molecule has 5 nitrogen and oxygen atoms in total. The van der Waals surface area contributed by atoms with Crippen LogP contribution in [0, 0.1) is 0 Å². The molecule has 4 rings (SSSR count). The van der Waals surface area contributed by atoms with Gasteiger partial charge in [0.05, 0.1) is 29.0 Å². The highest BCUT2D eigenvalue weighted by Crippen LogP contribution is 2.33. The van der Waals surface area contributed by atoms with E-state index in [0.717, 1.165) is 59.3 Å². The number of aromatic nitrogens is 1. The smallest absolute Gasteiger partial charge is 0.261 e. The summed E-state index contributed by atoms with van der Waals surface area (Å²) in [6.07, 6.45) is 0. The molecule has 0 N–H and O–H groups in total. The third-order valence-corrected chi connectivity index (χ3v) is 7.21. The van der Waals surface area contributed by atoms with Gasteiger partial charge in [-0.25, -0.2) is 4.98 Å². The van der Waals surface area contributed by atoms with Gasteiger partial charge in [-0.3, -0.25) is 14.6 Å². The fourth-order valence-corrected chi connectivity index (χ4v) is 5.48. The molecule has 1 fully saturated rings. The minimum Gasteiger partial charge on any atom is -0.379 e. The van der Waals surface area contributed by atoms with Crippen molar-refractivity contribution in [3.05, 3.63) is 53.1 Å². The monoisotopic (exact) mass is 497 g/mol. The maximum Gasteiger partial charge on any atom is 0.261 e. The predicted octanol–water partition coefficient (Wildman–Crippen LogP) is 5.46. The van der Waals surface area contributed by atoms with Crippen molar-refractivity contribution in [3.63, 3.8) is 0 Å². The molecule has 1 saturated heterocycles. The van der Waals surface area contributed by atoms with Crippen LogP contribution in [0.4, 0.5) is 5.13 Å². The highest BCUT2D eigenvalue weighted by Gasteiger charge is 2.24. The first-order chi connectivity index (χ1) is 14.7. The zero-order chi connectivity index (χ0) is 20.9. The first-order valence-corrected chi connectivity index (χ1v) is 12.2. The Morgan fingerprint density at radius 3 is 2.81 bits per heavy atom. The van der Waals surface area contributed by atoms with Gasteiger partial charge in [0.15, 0.2) is 5.13 Å². The van der Waals surface area contributed by atoms with Gasteiger partial charge in [-0.15, -0.1) is 24.2 Å². The Balaban J connectivity index is 0.00000272. The van der Waals surface area contributed by atoms with Crippen LogP contribution in [0.1, 0.15) is 17.3 Å². The number of nitrogens with zero attached hydrogens (tertiary/aromatic N) is 3. The molecular weight excluding hydrogens is 473 g/mol. The van der Waals surface area contributed by atoms with Gasteiger partial charge in [0, 0.05) is 36.1 Å². The number of benzene rings is 2. The van der Waals surface area contributed by atoms with E-state index in [9.17, 15) is 4.79 Å². The Morgan fingerprint density at radius 1 is 1.26 bits per heavy atom. The minimum atomic E-state index is -0.00929. The summed E-state index contributed by atoms with van der Waals surface area (Å²) in [5.74, 6) is 0.905. The van der Waals surface area contributed by atoms with Gasteiger partial charge in [-0.2, -0.15) is 0 Å². The summed E-state index contributed by atoms with van der Waals surface area (Å²) >= 11 is 9.36. The Bertz CT molecular complexity index is 1020. The van der Waals surface area contributed by atoms with Gasteiger partial charge in [0.1, 0.15) is 0 Å².